The minimum atomic E-state index is -0.994. The van der Waals surface area contributed by atoms with Crippen molar-refractivity contribution >= 4 is 12.0 Å². The Labute approximate surface area is 128 Å². The van der Waals surface area contributed by atoms with Crippen LogP contribution in [0.2, 0.25) is 0 Å². The molecule has 0 saturated carbocycles. The average molecular weight is 301 g/mol. The predicted molar refractivity (Wildman–Crippen MR) is 84.3 cm³/mol. The van der Waals surface area contributed by atoms with Crippen LogP contribution >= 0.6 is 0 Å². The number of hydrogen-bond acceptors (Lipinski definition) is 3. The molecule has 2 amide bonds. The quantitative estimate of drug-likeness (QED) is 0.606. The average Bonchev–Trinajstić information content (AvgIpc) is 2.24. The SMILES string of the molecule is CC(C)CC(CN(C)C)NC(=O)NC(CC(C)C)C(=O)O. The summed E-state index contributed by atoms with van der Waals surface area (Å²) in [4.78, 5) is 25.2. The molecule has 0 rings (SSSR count). The van der Waals surface area contributed by atoms with Gasteiger partial charge in [0, 0.05) is 12.6 Å². The van der Waals surface area contributed by atoms with Crippen molar-refractivity contribution in [2.75, 3.05) is 20.6 Å². The summed E-state index contributed by atoms with van der Waals surface area (Å²) in [5.41, 5.74) is 0. The Balaban J connectivity index is 4.54. The van der Waals surface area contributed by atoms with Crippen LogP contribution in [0.3, 0.4) is 0 Å². The minimum absolute atomic E-state index is 0.00787. The molecule has 0 aromatic carbocycles. The second-order valence-electron chi connectivity index (χ2n) is 6.73. The van der Waals surface area contributed by atoms with Gasteiger partial charge in [-0.2, -0.15) is 0 Å². The molecule has 0 aliphatic heterocycles. The third-order valence-electron chi connectivity index (χ3n) is 2.99. The lowest BCUT2D eigenvalue weighted by molar-refractivity contribution is -0.139. The van der Waals surface area contributed by atoms with Gasteiger partial charge < -0.3 is 20.6 Å². The Hall–Kier alpha value is -1.30. The number of carbonyl (C=O) groups is 2. The van der Waals surface area contributed by atoms with Gasteiger partial charge in [0.05, 0.1) is 0 Å². The number of amides is 2. The second kappa shape index (κ2) is 9.60. The van der Waals surface area contributed by atoms with E-state index in [4.69, 9.17) is 5.11 Å². The second-order valence-corrected chi connectivity index (χ2v) is 6.73. The van der Waals surface area contributed by atoms with Gasteiger partial charge >= 0.3 is 12.0 Å². The van der Waals surface area contributed by atoms with Crippen molar-refractivity contribution in [2.24, 2.45) is 11.8 Å². The van der Waals surface area contributed by atoms with E-state index in [1.165, 1.54) is 0 Å². The van der Waals surface area contributed by atoms with Crippen molar-refractivity contribution in [1.29, 1.82) is 0 Å². The third kappa shape index (κ3) is 10.1. The van der Waals surface area contributed by atoms with E-state index in [0.717, 1.165) is 13.0 Å². The maximum Gasteiger partial charge on any atom is 0.326 e. The van der Waals surface area contributed by atoms with Crippen LogP contribution in [0.5, 0.6) is 0 Å². The fourth-order valence-corrected chi connectivity index (χ4v) is 2.27. The Bertz CT molecular complexity index is 320. The first-order chi connectivity index (χ1) is 9.61. The number of carbonyl (C=O) groups excluding carboxylic acids is 1. The molecule has 124 valence electrons. The summed E-state index contributed by atoms with van der Waals surface area (Å²) < 4.78 is 0. The first kappa shape index (κ1) is 19.7. The van der Waals surface area contributed by atoms with Crippen LogP contribution in [0, 0.1) is 11.8 Å². The van der Waals surface area contributed by atoms with Crippen LogP contribution in [0.15, 0.2) is 0 Å². The number of nitrogens with one attached hydrogen (secondary N) is 2. The van der Waals surface area contributed by atoms with Gasteiger partial charge in [-0.1, -0.05) is 27.7 Å². The third-order valence-corrected chi connectivity index (χ3v) is 2.99. The molecule has 0 spiro atoms. The van der Waals surface area contributed by atoms with Gasteiger partial charge in [-0.25, -0.2) is 9.59 Å². The fourth-order valence-electron chi connectivity index (χ4n) is 2.27. The molecule has 2 unspecified atom stereocenters. The molecule has 6 heteroatoms. The smallest absolute Gasteiger partial charge is 0.326 e. The normalized spacial score (nSPS) is 14.3. The Kier molecular flexibility index (Phi) is 9.01. The molecular weight excluding hydrogens is 270 g/mol. The van der Waals surface area contributed by atoms with E-state index in [1.54, 1.807) is 0 Å². The highest BCUT2D eigenvalue weighted by molar-refractivity contribution is 5.82. The largest absolute Gasteiger partial charge is 0.480 e. The zero-order chi connectivity index (χ0) is 16.6. The standard InChI is InChI=1S/C15H31N3O3/c1-10(2)7-12(9-18(5)6)16-15(21)17-13(14(19)20)8-11(3)4/h10-13H,7-9H2,1-6H3,(H,19,20)(H2,16,17,21). The van der Waals surface area contributed by atoms with Gasteiger partial charge in [0.2, 0.25) is 0 Å². The summed E-state index contributed by atoms with van der Waals surface area (Å²) in [6.45, 7) is 8.79. The van der Waals surface area contributed by atoms with Crippen molar-refractivity contribution in [3.63, 3.8) is 0 Å². The summed E-state index contributed by atoms with van der Waals surface area (Å²) in [6.07, 6.45) is 1.28. The van der Waals surface area contributed by atoms with Crippen molar-refractivity contribution in [2.45, 2.75) is 52.6 Å². The number of urea groups is 1. The van der Waals surface area contributed by atoms with Gasteiger partial charge in [-0.05, 0) is 38.8 Å². The lowest BCUT2D eigenvalue weighted by Crippen LogP contribution is -2.51. The summed E-state index contributed by atoms with van der Waals surface area (Å²) in [5, 5.41) is 14.6. The first-order valence-electron chi connectivity index (χ1n) is 7.56. The molecule has 3 N–H and O–H groups in total. The molecule has 0 heterocycles. The molecule has 0 aromatic rings. The molecule has 0 aromatic heterocycles. The van der Waals surface area contributed by atoms with Crippen LogP contribution in [-0.4, -0.2) is 54.7 Å². The maximum absolute atomic E-state index is 12.0. The number of carboxylic acids is 1. The van der Waals surface area contributed by atoms with E-state index in [0.29, 0.717) is 12.3 Å². The van der Waals surface area contributed by atoms with Crippen LogP contribution in [-0.2, 0) is 4.79 Å². The van der Waals surface area contributed by atoms with Crippen LogP contribution in [0.4, 0.5) is 4.79 Å². The number of rotatable bonds is 9. The van der Waals surface area contributed by atoms with E-state index < -0.39 is 18.0 Å². The number of likely N-dealkylation sites (N-methyl/N-ethyl adjacent to an activating group) is 1. The highest BCUT2D eigenvalue weighted by Gasteiger charge is 2.22. The zero-order valence-electron chi connectivity index (χ0n) is 14.1. The molecule has 0 bridgehead atoms. The highest BCUT2D eigenvalue weighted by Crippen LogP contribution is 2.07. The number of hydrogen-bond donors (Lipinski definition) is 3. The van der Waals surface area contributed by atoms with Crippen LogP contribution < -0.4 is 10.6 Å². The van der Waals surface area contributed by atoms with Crippen LogP contribution in [0.1, 0.15) is 40.5 Å². The van der Waals surface area contributed by atoms with Crippen molar-refractivity contribution < 1.29 is 14.7 Å². The monoisotopic (exact) mass is 301 g/mol. The molecule has 6 nitrogen and oxygen atoms in total. The van der Waals surface area contributed by atoms with Gasteiger partial charge in [0.15, 0.2) is 0 Å². The van der Waals surface area contributed by atoms with E-state index in [9.17, 15) is 9.59 Å². The molecule has 0 fully saturated rings. The lowest BCUT2D eigenvalue weighted by atomic mass is 10.0. The van der Waals surface area contributed by atoms with E-state index in [2.05, 4.69) is 24.5 Å². The van der Waals surface area contributed by atoms with Gasteiger partial charge in [0.25, 0.3) is 0 Å². The molecule has 0 aliphatic carbocycles. The van der Waals surface area contributed by atoms with Gasteiger partial charge in [-0.3, -0.25) is 0 Å². The van der Waals surface area contributed by atoms with E-state index >= 15 is 0 Å². The zero-order valence-corrected chi connectivity index (χ0v) is 14.1. The van der Waals surface area contributed by atoms with Gasteiger partial charge in [-0.15, -0.1) is 0 Å². The lowest BCUT2D eigenvalue weighted by Gasteiger charge is -2.25. The number of aliphatic carboxylic acids is 1. The van der Waals surface area contributed by atoms with Crippen molar-refractivity contribution in [1.82, 2.24) is 15.5 Å². The summed E-state index contributed by atoms with van der Waals surface area (Å²) in [5.74, 6) is -0.326. The number of nitrogens with zero attached hydrogens (tertiary/aromatic N) is 1. The first-order valence-corrected chi connectivity index (χ1v) is 7.56. The molecule has 21 heavy (non-hydrogen) atoms. The molecular formula is C15H31N3O3. The molecule has 2 atom stereocenters. The topological polar surface area (TPSA) is 81.7 Å². The molecule has 0 saturated heterocycles. The van der Waals surface area contributed by atoms with E-state index in [-0.39, 0.29) is 12.0 Å². The Morgan fingerprint density at radius 1 is 1.00 bits per heavy atom. The van der Waals surface area contributed by atoms with Crippen molar-refractivity contribution in [3.8, 4) is 0 Å². The molecule has 0 radical (unpaired) electrons. The predicted octanol–water partition coefficient (Wildman–Crippen LogP) is 1.76. The number of carboxylic acid groups (broad SMARTS) is 1. The summed E-state index contributed by atoms with van der Waals surface area (Å²) in [7, 11) is 3.90. The summed E-state index contributed by atoms with van der Waals surface area (Å²) >= 11 is 0. The molecule has 0 aliphatic rings. The van der Waals surface area contributed by atoms with Crippen molar-refractivity contribution in [3.05, 3.63) is 0 Å². The Morgan fingerprint density at radius 2 is 1.52 bits per heavy atom. The Morgan fingerprint density at radius 3 is 1.90 bits per heavy atom. The highest BCUT2D eigenvalue weighted by atomic mass is 16.4. The van der Waals surface area contributed by atoms with Crippen LogP contribution in [0.25, 0.3) is 0 Å². The minimum Gasteiger partial charge on any atom is -0.480 e. The van der Waals surface area contributed by atoms with E-state index in [1.807, 2.05) is 32.8 Å². The van der Waals surface area contributed by atoms with Gasteiger partial charge in [0.1, 0.15) is 6.04 Å². The fraction of sp³-hybridized carbons (Fsp3) is 0.867. The maximum atomic E-state index is 12.0. The summed E-state index contributed by atoms with van der Waals surface area (Å²) in [6, 6.07) is -1.24.